The zero-order chi connectivity index (χ0) is 11.4. The van der Waals surface area contributed by atoms with E-state index in [9.17, 15) is 0 Å². The normalized spacial score (nSPS) is 10.0. The Bertz CT molecular complexity index is 513. The molecule has 0 N–H and O–H groups in total. The summed E-state index contributed by atoms with van der Waals surface area (Å²) in [6.07, 6.45) is 3.60. The third-order valence-electron chi connectivity index (χ3n) is 2.12. The van der Waals surface area contributed by atoms with Gasteiger partial charge in [-0.15, -0.1) is 0 Å². The van der Waals surface area contributed by atoms with Gasteiger partial charge in [-0.25, -0.2) is 0 Å². The van der Waals surface area contributed by atoms with Crippen molar-refractivity contribution in [3.8, 4) is 17.5 Å². The lowest BCUT2D eigenvalue weighted by molar-refractivity contribution is 0.711. The lowest BCUT2D eigenvalue weighted by atomic mass is 10.2. The Labute approximate surface area is 102 Å². The summed E-state index contributed by atoms with van der Waals surface area (Å²) >= 11 is 3.41. The van der Waals surface area contributed by atoms with Crippen LogP contribution in [0.25, 0.3) is 11.4 Å². The molecule has 0 aliphatic heterocycles. The molecule has 0 aromatic carbocycles. The fourth-order valence-corrected chi connectivity index (χ4v) is 1.84. The van der Waals surface area contributed by atoms with Crippen LogP contribution in [0.4, 0.5) is 0 Å². The average Bonchev–Trinajstić information content (AvgIpc) is 2.74. The molecule has 0 fully saturated rings. The van der Waals surface area contributed by atoms with Crippen LogP contribution in [0, 0.1) is 11.3 Å². The van der Waals surface area contributed by atoms with Gasteiger partial charge in [-0.05, 0) is 12.1 Å². The van der Waals surface area contributed by atoms with E-state index >= 15 is 0 Å². The minimum absolute atomic E-state index is 0.257. The molecule has 16 heavy (non-hydrogen) atoms. The van der Waals surface area contributed by atoms with Gasteiger partial charge in [-0.3, -0.25) is 9.67 Å². The molecule has 2 aromatic rings. The van der Waals surface area contributed by atoms with Crippen LogP contribution in [-0.2, 0) is 11.9 Å². The minimum Gasteiger partial charge on any atom is -0.258 e. The number of aromatic nitrogens is 3. The van der Waals surface area contributed by atoms with Crippen molar-refractivity contribution >= 4 is 15.9 Å². The summed E-state index contributed by atoms with van der Waals surface area (Å²) in [4.78, 5) is 4.25. The molecule has 2 heterocycles. The zero-order valence-corrected chi connectivity index (χ0v) is 10.1. The first-order chi connectivity index (χ1) is 7.85. The first-order valence-corrected chi connectivity index (χ1v) is 5.88. The van der Waals surface area contributed by atoms with Crippen LogP contribution in [-0.4, -0.2) is 14.8 Å². The number of halogens is 1. The summed E-state index contributed by atoms with van der Waals surface area (Å²) in [5.74, 6) is 0. The summed E-state index contributed by atoms with van der Waals surface area (Å²) in [6.45, 7) is 0.257. The summed E-state index contributed by atoms with van der Waals surface area (Å²) in [7, 11) is 0. The molecular formula is C11H9BrN4. The standard InChI is InChI=1S/C11H9BrN4/c12-7-9-8-16(6-4-13)15-11(9)10-3-1-2-5-14-10/h1-3,5,8H,6-7H2. The lowest BCUT2D eigenvalue weighted by Crippen LogP contribution is -1.95. The molecule has 0 spiro atoms. The Morgan fingerprint density at radius 2 is 2.31 bits per heavy atom. The van der Waals surface area contributed by atoms with Crippen LogP contribution >= 0.6 is 15.9 Å². The lowest BCUT2D eigenvalue weighted by Gasteiger charge is -1.96. The molecule has 80 valence electrons. The fraction of sp³-hybridized carbons (Fsp3) is 0.182. The second kappa shape index (κ2) is 4.90. The zero-order valence-electron chi connectivity index (χ0n) is 8.47. The maximum atomic E-state index is 8.62. The molecule has 0 radical (unpaired) electrons. The van der Waals surface area contributed by atoms with Gasteiger partial charge in [0.05, 0.1) is 11.8 Å². The van der Waals surface area contributed by atoms with Gasteiger partial charge in [-0.2, -0.15) is 10.4 Å². The van der Waals surface area contributed by atoms with Gasteiger partial charge in [0.1, 0.15) is 12.2 Å². The second-order valence-corrected chi connectivity index (χ2v) is 3.77. The Morgan fingerprint density at radius 1 is 1.44 bits per heavy atom. The van der Waals surface area contributed by atoms with Crippen LogP contribution in [0.1, 0.15) is 5.56 Å². The van der Waals surface area contributed by atoms with Crippen molar-refractivity contribution in [2.75, 3.05) is 0 Å². The maximum absolute atomic E-state index is 8.62. The fourth-order valence-electron chi connectivity index (χ4n) is 1.43. The molecule has 0 aliphatic carbocycles. The van der Waals surface area contributed by atoms with E-state index in [2.05, 4.69) is 32.1 Å². The van der Waals surface area contributed by atoms with Crippen LogP contribution in [0.2, 0.25) is 0 Å². The molecule has 0 saturated carbocycles. The van der Waals surface area contributed by atoms with E-state index in [1.807, 2.05) is 24.4 Å². The average molecular weight is 277 g/mol. The van der Waals surface area contributed by atoms with Gasteiger partial charge < -0.3 is 0 Å². The van der Waals surface area contributed by atoms with Crippen LogP contribution in [0.15, 0.2) is 30.6 Å². The third-order valence-corrected chi connectivity index (χ3v) is 2.73. The van der Waals surface area contributed by atoms with Gasteiger partial charge in [0.2, 0.25) is 0 Å². The molecule has 0 unspecified atom stereocenters. The summed E-state index contributed by atoms with van der Waals surface area (Å²) in [6, 6.07) is 7.76. The predicted octanol–water partition coefficient (Wildman–Crippen LogP) is 2.36. The highest BCUT2D eigenvalue weighted by Crippen LogP contribution is 2.21. The number of hydrogen-bond acceptors (Lipinski definition) is 3. The molecular weight excluding hydrogens is 268 g/mol. The molecule has 5 heteroatoms. The number of rotatable bonds is 3. The van der Waals surface area contributed by atoms with Crippen molar-refractivity contribution in [1.29, 1.82) is 5.26 Å². The molecule has 0 amide bonds. The van der Waals surface area contributed by atoms with E-state index in [4.69, 9.17) is 5.26 Å². The van der Waals surface area contributed by atoms with Gasteiger partial charge in [0.15, 0.2) is 0 Å². The van der Waals surface area contributed by atoms with E-state index in [0.29, 0.717) is 5.33 Å². The van der Waals surface area contributed by atoms with Crippen molar-refractivity contribution in [3.63, 3.8) is 0 Å². The van der Waals surface area contributed by atoms with Crippen LogP contribution < -0.4 is 0 Å². The number of nitriles is 1. The third kappa shape index (κ3) is 2.12. The number of nitrogens with zero attached hydrogens (tertiary/aromatic N) is 4. The van der Waals surface area contributed by atoms with Gasteiger partial charge in [0.25, 0.3) is 0 Å². The number of pyridine rings is 1. The smallest absolute Gasteiger partial charge is 0.128 e. The minimum atomic E-state index is 0.257. The van der Waals surface area contributed by atoms with E-state index in [0.717, 1.165) is 17.0 Å². The summed E-state index contributed by atoms with van der Waals surface area (Å²) in [5, 5.41) is 13.7. The van der Waals surface area contributed by atoms with Gasteiger partial charge in [0, 0.05) is 23.3 Å². The molecule has 2 rings (SSSR count). The van der Waals surface area contributed by atoms with E-state index in [1.54, 1.807) is 10.9 Å². The van der Waals surface area contributed by atoms with E-state index in [1.165, 1.54) is 0 Å². The SMILES string of the molecule is N#CCn1cc(CBr)c(-c2ccccn2)n1. The first-order valence-electron chi connectivity index (χ1n) is 4.76. The Hall–Kier alpha value is -1.67. The molecule has 2 aromatic heterocycles. The van der Waals surface area contributed by atoms with E-state index in [-0.39, 0.29) is 6.54 Å². The topological polar surface area (TPSA) is 54.5 Å². The van der Waals surface area contributed by atoms with Crippen molar-refractivity contribution in [3.05, 3.63) is 36.2 Å². The van der Waals surface area contributed by atoms with Crippen molar-refractivity contribution in [2.24, 2.45) is 0 Å². The van der Waals surface area contributed by atoms with Gasteiger partial charge in [-0.1, -0.05) is 22.0 Å². The van der Waals surface area contributed by atoms with Crippen molar-refractivity contribution in [2.45, 2.75) is 11.9 Å². The maximum Gasteiger partial charge on any atom is 0.128 e. The van der Waals surface area contributed by atoms with E-state index < -0.39 is 0 Å². The summed E-state index contributed by atoms with van der Waals surface area (Å²) < 4.78 is 1.63. The highest BCUT2D eigenvalue weighted by molar-refractivity contribution is 9.08. The first kappa shape index (κ1) is 10.8. The highest BCUT2D eigenvalue weighted by Gasteiger charge is 2.10. The Kier molecular flexibility index (Phi) is 3.32. The van der Waals surface area contributed by atoms with Crippen LogP contribution in [0.5, 0.6) is 0 Å². The molecule has 0 aliphatic rings. The number of hydrogen-bond donors (Lipinski definition) is 0. The molecule has 0 saturated heterocycles. The number of alkyl halides is 1. The monoisotopic (exact) mass is 276 g/mol. The quantitative estimate of drug-likeness (QED) is 0.809. The Balaban J connectivity index is 2.44. The van der Waals surface area contributed by atoms with Crippen LogP contribution in [0.3, 0.4) is 0 Å². The predicted molar refractivity (Wildman–Crippen MR) is 63.7 cm³/mol. The Morgan fingerprint density at radius 3 is 2.94 bits per heavy atom. The second-order valence-electron chi connectivity index (χ2n) is 3.21. The molecule has 0 atom stereocenters. The molecule has 0 bridgehead atoms. The highest BCUT2D eigenvalue weighted by atomic mass is 79.9. The van der Waals surface area contributed by atoms with Gasteiger partial charge >= 0.3 is 0 Å². The molecule has 4 nitrogen and oxygen atoms in total. The van der Waals surface area contributed by atoms with Crippen molar-refractivity contribution in [1.82, 2.24) is 14.8 Å². The summed E-state index contributed by atoms with van der Waals surface area (Å²) in [5.41, 5.74) is 2.69. The largest absolute Gasteiger partial charge is 0.258 e. The van der Waals surface area contributed by atoms with Crippen molar-refractivity contribution < 1.29 is 0 Å².